The predicted molar refractivity (Wildman–Crippen MR) is 113 cm³/mol. The highest BCUT2D eigenvalue weighted by Gasteiger charge is 2.36. The Morgan fingerprint density at radius 2 is 1.79 bits per heavy atom. The minimum absolute atomic E-state index is 0.137. The zero-order valence-corrected chi connectivity index (χ0v) is 15.6. The van der Waals surface area contributed by atoms with Crippen molar-refractivity contribution in [2.45, 2.75) is 19.3 Å². The maximum atomic E-state index is 5.02. The molecule has 0 spiro atoms. The molecule has 0 aliphatic carbocycles. The van der Waals surface area contributed by atoms with Gasteiger partial charge in [0.2, 0.25) is 0 Å². The summed E-state index contributed by atoms with van der Waals surface area (Å²) in [6, 6.07) is 17.4. The normalized spacial score (nSPS) is 15.1. The second-order valence-corrected chi connectivity index (χ2v) is 8.22. The maximum absolute atomic E-state index is 5.02. The molecule has 0 saturated carbocycles. The van der Waals surface area contributed by atoms with E-state index in [2.05, 4.69) is 76.7 Å². The summed E-state index contributed by atoms with van der Waals surface area (Å²) in [5.41, 5.74) is 7.91. The standard InChI is InChI=1S/C24H16N4/c1-24(2)17-8-5-9-18-22(17)28-21-15(10-13-6-3-4-7-14(13)19(21)24)20-16(23(28)27-18)11-25-12-26-20/h3-12H,1-2H3. The molecule has 0 saturated heterocycles. The molecular weight excluding hydrogens is 344 g/mol. The third kappa shape index (κ3) is 1.45. The molecule has 28 heavy (non-hydrogen) atoms. The number of hydrogen-bond donors (Lipinski definition) is 0. The van der Waals surface area contributed by atoms with Crippen LogP contribution in [0.2, 0.25) is 0 Å². The van der Waals surface area contributed by atoms with E-state index in [1.54, 1.807) is 6.33 Å². The van der Waals surface area contributed by atoms with Gasteiger partial charge in [-0.2, -0.15) is 0 Å². The van der Waals surface area contributed by atoms with Gasteiger partial charge in [0.15, 0.2) is 0 Å². The largest absolute Gasteiger partial charge is 0.291 e. The molecule has 4 nitrogen and oxygen atoms in total. The molecule has 0 N–H and O–H groups in total. The Hall–Kier alpha value is -3.53. The summed E-state index contributed by atoms with van der Waals surface area (Å²) in [5.74, 6) is 0. The van der Waals surface area contributed by atoms with Gasteiger partial charge in [0.05, 0.1) is 27.5 Å². The quantitative estimate of drug-likeness (QED) is 0.270. The number of hydrogen-bond acceptors (Lipinski definition) is 3. The molecular formula is C24H16N4. The summed E-state index contributed by atoms with van der Waals surface area (Å²) < 4.78 is 2.35. The highest BCUT2D eigenvalue weighted by Crippen LogP contribution is 2.48. The van der Waals surface area contributed by atoms with Crippen LogP contribution in [-0.4, -0.2) is 19.4 Å². The van der Waals surface area contributed by atoms with Crippen LogP contribution < -0.4 is 0 Å². The number of nitrogens with zero attached hydrogens (tertiary/aromatic N) is 4. The van der Waals surface area contributed by atoms with Crippen LogP contribution >= 0.6 is 0 Å². The Labute approximate surface area is 160 Å². The van der Waals surface area contributed by atoms with Gasteiger partial charge in [0.1, 0.15) is 12.0 Å². The molecule has 4 heterocycles. The lowest BCUT2D eigenvalue weighted by atomic mass is 9.73. The summed E-state index contributed by atoms with van der Waals surface area (Å²) in [4.78, 5) is 14.0. The van der Waals surface area contributed by atoms with Crippen molar-refractivity contribution in [1.29, 1.82) is 0 Å². The van der Waals surface area contributed by atoms with Gasteiger partial charge >= 0.3 is 0 Å². The molecule has 3 aromatic carbocycles. The van der Waals surface area contributed by atoms with Crippen LogP contribution in [0, 0.1) is 0 Å². The van der Waals surface area contributed by atoms with E-state index in [9.17, 15) is 0 Å². The number of imidazole rings is 1. The molecule has 1 aliphatic rings. The van der Waals surface area contributed by atoms with Gasteiger partial charge in [0, 0.05) is 17.0 Å². The van der Waals surface area contributed by atoms with E-state index in [1.807, 2.05) is 6.20 Å². The van der Waals surface area contributed by atoms with Crippen molar-refractivity contribution in [2.24, 2.45) is 0 Å². The molecule has 132 valence electrons. The third-order valence-electron chi connectivity index (χ3n) is 6.43. The van der Waals surface area contributed by atoms with E-state index in [4.69, 9.17) is 4.98 Å². The second kappa shape index (κ2) is 4.47. The lowest BCUT2D eigenvalue weighted by Crippen LogP contribution is -2.24. The summed E-state index contributed by atoms with van der Waals surface area (Å²) in [6.45, 7) is 4.66. The lowest BCUT2D eigenvalue weighted by molar-refractivity contribution is 0.649. The van der Waals surface area contributed by atoms with Crippen molar-refractivity contribution < 1.29 is 0 Å². The first-order valence-electron chi connectivity index (χ1n) is 9.55. The van der Waals surface area contributed by atoms with Crippen molar-refractivity contribution in [2.75, 3.05) is 0 Å². The molecule has 0 radical (unpaired) electrons. The van der Waals surface area contributed by atoms with E-state index < -0.39 is 0 Å². The SMILES string of the molecule is CC1(C)c2cccc3nc4c5cncnc5c5cc6ccccc6c1c5n4c23. The highest BCUT2D eigenvalue weighted by atomic mass is 15.0. The van der Waals surface area contributed by atoms with Crippen LogP contribution in [0.25, 0.3) is 49.3 Å². The molecule has 6 aromatic rings. The Bertz CT molecular complexity index is 1640. The molecule has 3 aromatic heterocycles. The average molecular weight is 360 g/mol. The molecule has 1 aliphatic heterocycles. The first-order chi connectivity index (χ1) is 13.7. The number of aromatic nitrogens is 4. The average Bonchev–Trinajstić information content (AvgIpc) is 3.11. The van der Waals surface area contributed by atoms with Crippen molar-refractivity contribution in [1.82, 2.24) is 19.4 Å². The van der Waals surface area contributed by atoms with Crippen LogP contribution in [0.5, 0.6) is 0 Å². The minimum atomic E-state index is -0.137. The fourth-order valence-corrected chi connectivity index (χ4v) is 5.25. The predicted octanol–water partition coefficient (Wildman–Crippen LogP) is 5.38. The van der Waals surface area contributed by atoms with Gasteiger partial charge in [-0.3, -0.25) is 4.40 Å². The molecule has 7 rings (SSSR count). The van der Waals surface area contributed by atoms with Crippen LogP contribution in [0.1, 0.15) is 25.0 Å². The third-order valence-corrected chi connectivity index (χ3v) is 6.43. The topological polar surface area (TPSA) is 43.1 Å². The number of fused-ring (bicyclic) bond motifs is 5. The van der Waals surface area contributed by atoms with Crippen molar-refractivity contribution in [3.8, 4) is 0 Å². The van der Waals surface area contributed by atoms with Crippen LogP contribution in [0.3, 0.4) is 0 Å². The van der Waals surface area contributed by atoms with Gasteiger partial charge in [-0.05, 0) is 34.0 Å². The van der Waals surface area contributed by atoms with E-state index in [0.717, 1.165) is 22.1 Å². The first-order valence-corrected chi connectivity index (χ1v) is 9.55. The zero-order chi connectivity index (χ0) is 18.6. The van der Waals surface area contributed by atoms with Crippen LogP contribution in [0.15, 0.2) is 61.1 Å². The number of para-hydroxylation sites is 1. The fraction of sp³-hybridized carbons (Fsp3) is 0.125. The fourth-order valence-electron chi connectivity index (χ4n) is 5.25. The summed E-state index contributed by atoms with van der Waals surface area (Å²) in [5, 5.41) is 4.71. The summed E-state index contributed by atoms with van der Waals surface area (Å²) in [7, 11) is 0. The Morgan fingerprint density at radius 1 is 0.893 bits per heavy atom. The molecule has 4 heteroatoms. The Morgan fingerprint density at radius 3 is 2.71 bits per heavy atom. The maximum Gasteiger partial charge on any atom is 0.149 e. The van der Waals surface area contributed by atoms with Crippen LogP contribution in [-0.2, 0) is 5.41 Å². The highest BCUT2D eigenvalue weighted by molar-refractivity contribution is 6.18. The van der Waals surface area contributed by atoms with E-state index >= 15 is 0 Å². The van der Waals surface area contributed by atoms with E-state index in [1.165, 1.54) is 38.3 Å². The van der Waals surface area contributed by atoms with Gasteiger partial charge < -0.3 is 0 Å². The summed E-state index contributed by atoms with van der Waals surface area (Å²) >= 11 is 0. The molecule has 0 bridgehead atoms. The minimum Gasteiger partial charge on any atom is -0.291 e. The van der Waals surface area contributed by atoms with E-state index in [0.29, 0.717) is 0 Å². The molecule has 0 unspecified atom stereocenters. The van der Waals surface area contributed by atoms with Crippen LogP contribution in [0.4, 0.5) is 0 Å². The number of pyridine rings is 1. The van der Waals surface area contributed by atoms with Gasteiger partial charge in [0.25, 0.3) is 0 Å². The zero-order valence-electron chi connectivity index (χ0n) is 15.6. The van der Waals surface area contributed by atoms with Gasteiger partial charge in [-0.25, -0.2) is 15.0 Å². The number of rotatable bonds is 0. The Kier molecular flexibility index (Phi) is 2.32. The van der Waals surface area contributed by atoms with E-state index in [-0.39, 0.29) is 5.41 Å². The van der Waals surface area contributed by atoms with Gasteiger partial charge in [-0.1, -0.05) is 50.2 Å². The lowest BCUT2D eigenvalue weighted by Gasteiger charge is -2.33. The molecule has 0 fully saturated rings. The first kappa shape index (κ1) is 14.5. The van der Waals surface area contributed by atoms with Gasteiger partial charge in [-0.15, -0.1) is 0 Å². The van der Waals surface area contributed by atoms with Crippen molar-refractivity contribution in [3.05, 3.63) is 72.2 Å². The molecule has 0 amide bonds. The second-order valence-electron chi connectivity index (χ2n) is 8.22. The van der Waals surface area contributed by atoms with Crippen molar-refractivity contribution in [3.63, 3.8) is 0 Å². The molecule has 0 atom stereocenters. The van der Waals surface area contributed by atoms with Crippen molar-refractivity contribution >= 4 is 49.3 Å². The smallest absolute Gasteiger partial charge is 0.149 e. The summed E-state index contributed by atoms with van der Waals surface area (Å²) in [6.07, 6.45) is 3.53. The monoisotopic (exact) mass is 360 g/mol. The number of benzene rings is 3. The Balaban J connectivity index is 1.99.